The first-order chi connectivity index (χ1) is 35.2. The molecule has 0 saturated carbocycles. The molecule has 14 aromatic rings. The third-order valence-corrected chi connectivity index (χ3v) is 19.8. The molecule has 0 saturated heterocycles. The SMILES string of the molecule is Cc1ccc2c(c1)c1ccccc1n2-c1ccc2c(c1)c1ccccc1n2-c1ccccc1-c1ccccc1-n1c2ccccc2c2cc([Si](c3ccccc3)(c3ccccc3)c3ccccc3)ccc21. The molecule has 14 rings (SSSR count). The van der Waals surface area contributed by atoms with Crippen LogP contribution in [0, 0.1) is 6.92 Å². The average molecular weight is 922 g/mol. The summed E-state index contributed by atoms with van der Waals surface area (Å²) in [6.45, 7) is 2.18. The Morgan fingerprint density at radius 1 is 0.254 bits per heavy atom. The van der Waals surface area contributed by atoms with Crippen molar-refractivity contribution in [1.29, 1.82) is 0 Å². The Hall–Kier alpha value is -8.96. The lowest BCUT2D eigenvalue weighted by molar-refractivity contribution is 1.15. The maximum absolute atomic E-state index is 2.78. The van der Waals surface area contributed by atoms with Crippen LogP contribution in [-0.4, -0.2) is 21.8 Å². The molecule has 3 nitrogen and oxygen atoms in total. The van der Waals surface area contributed by atoms with E-state index in [2.05, 4.69) is 288 Å². The van der Waals surface area contributed by atoms with Gasteiger partial charge in [-0.25, -0.2) is 0 Å². The number of hydrogen-bond acceptors (Lipinski definition) is 0. The second-order valence-corrected chi connectivity index (χ2v) is 22.7. The van der Waals surface area contributed by atoms with Crippen molar-refractivity contribution in [3.63, 3.8) is 0 Å². The van der Waals surface area contributed by atoms with Crippen LogP contribution in [0.25, 0.3) is 93.6 Å². The second-order valence-electron chi connectivity index (χ2n) is 18.9. The van der Waals surface area contributed by atoms with Crippen LogP contribution >= 0.6 is 0 Å². The van der Waals surface area contributed by atoms with E-state index in [1.165, 1.54) is 103 Å². The van der Waals surface area contributed by atoms with Crippen molar-refractivity contribution in [2.45, 2.75) is 6.92 Å². The Morgan fingerprint density at radius 2 is 0.620 bits per heavy atom. The molecule has 0 aliphatic rings. The molecule has 71 heavy (non-hydrogen) atoms. The highest BCUT2D eigenvalue weighted by Crippen LogP contribution is 2.42. The third kappa shape index (κ3) is 6.21. The number of para-hydroxylation sites is 5. The molecule has 3 aromatic heterocycles. The van der Waals surface area contributed by atoms with Crippen molar-refractivity contribution < 1.29 is 0 Å². The minimum Gasteiger partial charge on any atom is -0.309 e. The molecule has 0 bridgehead atoms. The number of fused-ring (bicyclic) bond motifs is 9. The van der Waals surface area contributed by atoms with Crippen LogP contribution in [0.3, 0.4) is 0 Å². The largest absolute Gasteiger partial charge is 0.309 e. The van der Waals surface area contributed by atoms with Crippen LogP contribution in [0.1, 0.15) is 5.56 Å². The van der Waals surface area contributed by atoms with Gasteiger partial charge in [-0.3, -0.25) is 0 Å². The fraction of sp³-hybridized carbons (Fsp3) is 0.0149. The molecule has 0 N–H and O–H groups in total. The molecule has 0 radical (unpaired) electrons. The van der Waals surface area contributed by atoms with Gasteiger partial charge in [-0.2, -0.15) is 0 Å². The molecule has 4 heteroatoms. The first-order valence-electron chi connectivity index (χ1n) is 24.6. The number of hydrogen-bond donors (Lipinski definition) is 0. The first kappa shape index (κ1) is 41.0. The first-order valence-corrected chi connectivity index (χ1v) is 26.6. The van der Waals surface area contributed by atoms with Crippen molar-refractivity contribution >= 4 is 94.2 Å². The van der Waals surface area contributed by atoms with Gasteiger partial charge in [-0.15, -0.1) is 0 Å². The van der Waals surface area contributed by atoms with E-state index in [9.17, 15) is 0 Å². The summed E-state index contributed by atoms with van der Waals surface area (Å²) in [6, 6.07) is 99.4. The van der Waals surface area contributed by atoms with Crippen LogP contribution in [0.2, 0.25) is 0 Å². The highest BCUT2D eigenvalue weighted by atomic mass is 28.3. The maximum atomic E-state index is 2.52. The van der Waals surface area contributed by atoms with Crippen LogP contribution in [0.15, 0.2) is 267 Å². The van der Waals surface area contributed by atoms with Gasteiger partial charge in [0.05, 0.1) is 44.5 Å². The van der Waals surface area contributed by atoms with E-state index >= 15 is 0 Å². The highest BCUT2D eigenvalue weighted by molar-refractivity contribution is 7.20. The monoisotopic (exact) mass is 921 g/mol. The summed E-state index contributed by atoms with van der Waals surface area (Å²) in [6.07, 6.45) is 0. The van der Waals surface area contributed by atoms with Crippen molar-refractivity contribution in [3.8, 4) is 28.2 Å². The number of rotatable bonds is 8. The van der Waals surface area contributed by atoms with E-state index in [1.54, 1.807) is 0 Å². The molecular formula is C67H47N3Si. The standard InChI is InChI=1S/C67H47N3Si/c1-46-37-40-65-57(43-46)54-29-13-16-32-60(54)68(65)47-38-41-66-58(44-47)55-30-14-19-35-63(55)69(66)61-33-17-11-27-52(61)53-28-12-18-34-62(53)70-64-36-20-15-31-56(64)59-45-51(39-42-67(59)70)71(48-21-5-2-6-22-48,49-23-7-3-8-24-49)50-25-9-4-10-26-50/h2-45H,1H3. The summed E-state index contributed by atoms with van der Waals surface area (Å²) < 4.78 is 7.42. The van der Waals surface area contributed by atoms with Crippen LogP contribution in [0.5, 0.6) is 0 Å². The Bertz CT molecular complexity index is 4250. The summed E-state index contributed by atoms with van der Waals surface area (Å²) in [4.78, 5) is 0. The van der Waals surface area contributed by atoms with Crippen LogP contribution in [-0.2, 0) is 0 Å². The van der Waals surface area contributed by atoms with Gasteiger partial charge in [-0.1, -0.05) is 206 Å². The molecule has 0 spiro atoms. The zero-order chi connectivity index (χ0) is 47.0. The molecule has 0 fully saturated rings. The van der Waals surface area contributed by atoms with E-state index in [4.69, 9.17) is 0 Å². The summed E-state index contributed by atoms with van der Waals surface area (Å²) in [5, 5.41) is 12.9. The van der Waals surface area contributed by atoms with Gasteiger partial charge in [0.1, 0.15) is 0 Å². The maximum Gasteiger partial charge on any atom is 0.179 e. The lowest BCUT2D eigenvalue weighted by Crippen LogP contribution is -2.74. The summed E-state index contributed by atoms with van der Waals surface area (Å²) in [5.74, 6) is 0. The van der Waals surface area contributed by atoms with Gasteiger partial charge < -0.3 is 13.7 Å². The number of aryl methyl sites for hydroxylation is 1. The van der Waals surface area contributed by atoms with Gasteiger partial charge in [0, 0.05) is 49.1 Å². The summed E-state index contributed by atoms with van der Waals surface area (Å²) >= 11 is 0. The fourth-order valence-electron chi connectivity index (χ4n) is 12.0. The van der Waals surface area contributed by atoms with Gasteiger partial charge in [0.15, 0.2) is 8.07 Å². The van der Waals surface area contributed by atoms with E-state index in [-0.39, 0.29) is 0 Å². The van der Waals surface area contributed by atoms with Gasteiger partial charge in [-0.05, 0) is 94.4 Å². The average Bonchev–Trinajstić information content (AvgIpc) is 4.07. The van der Waals surface area contributed by atoms with E-state index in [0.717, 1.165) is 17.1 Å². The van der Waals surface area contributed by atoms with Crippen LogP contribution < -0.4 is 20.7 Å². The molecule has 0 amide bonds. The van der Waals surface area contributed by atoms with Crippen molar-refractivity contribution in [1.82, 2.24) is 13.7 Å². The van der Waals surface area contributed by atoms with Crippen LogP contribution in [0.4, 0.5) is 0 Å². The third-order valence-electron chi connectivity index (χ3n) is 15.0. The number of nitrogens with zero attached hydrogens (tertiary/aromatic N) is 3. The minimum atomic E-state index is -2.78. The predicted molar refractivity (Wildman–Crippen MR) is 303 cm³/mol. The van der Waals surface area contributed by atoms with Crippen molar-refractivity contribution in [2.75, 3.05) is 0 Å². The Labute approximate surface area is 413 Å². The topological polar surface area (TPSA) is 14.8 Å². The second kappa shape index (κ2) is 16.3. The number of aromatic nitrogens is 3. The Balaban J connectivity index is 0.975. The molecule has 0 unspecified atom stereocenters. The summed E-state index contributed by atoms with van der Waals surface area (Å²) in [5.41, 5.74) is 14.2. The predicted octanol–water partition coefficient (Wildman–Crippen LogP) is 14.3. The molecule has 0 aliphatic heterocycles. The van der Waals surface area contributed by atoms with Gasteiger partial charge >= 0.3 is 0 Å². The minimum absolute atomic E-state index is 1.14. The van der Waals surface area contributed by atoms with Crippen molar-refractivity contribution in [3.05, 3.63) is 272 Å². The molecular weight excluding hydrogens is 875 g/mol. The van der Waals surface area contributed by atoms with Gasteiger partial charge in [0.25, 0.3) is 0 Å². The molecule has 334 valence electrons. The highest BCUT2D eigenvalue weighted by Gasteiger charge is 2.41. The Kier molecular flexibility index (Phi) is 9.45. The van der Waals surface area contributed by atoms with E-state index in [1.807, 2.05) is 0 Å². The zero-order valence-electron chi connectivity index (χ0n) is 39.2. The quantitative estimate of drug-likeness (QED) is 0.107. The fourth-order valence-corrected chi connectivity index (χ4v) is 16.8. The lowest BCUT2D eigenvalue weighted by atomic mass is 10.0. The van der Waals surface area contributed by atoms with Gasteiger partial charge in [0.2, 0.25) is 0 Å². The summed E-state index contributed by atoms with van der Waals surface area (Å²) in [7, 11) is -2.78. The number of benzene rings is 11. The van der Waals surface area contributed by atoms with Crippen molar-refractivity contribution in [2.24, 2.45) is 0 Å². The smallest absolute Gasteiger partial charge is 0.179 e. The Morgan fingerprint density at radius 3 is 1.14 bits per heavy atom. The normalized spacial score (nSPS) is 12.0. The lowest BCUT2D eigenvalue weighted by Gasteiger charge is -2.34. The molecule has 11 aromatic carbocycles. The molecule has 0 aliphatic carbocycles. The van der Waals surface area contributed by atoms with E-state index < -0.39 is 8.07 Å². The van der Waals surface area contributed by atoms with E-state index in [0.29, 0.717) is 0 Å². The zero-order valence-corrected chi connectivity index (χ0v) is 40.2. The molecule has 0 atom stereocenters. The molecule has 3 heterocycles.